The number of aromatic nitrogens is 3. The van der Waals surface area contributed by atoms with Gasteiger partial charge in [0.2, 0.25) is 0 Å². The first-order valence-electron chi connectivity index (χ1n) is 11.2. The van der Waals surface area contributed by atoms with Crippen molar-refractivity contribution in [1.29, 1.82) is 0 Å². The summed E-state index contributed by atoms with van der Waals surface area (Å²) in [6.07, 6.45) is 5.49. The Balaban J connectivity index is 0.000000541. The van der Waals surface area contributed by atoms with Crippen LogP contribution >= 0.6 is 0 Å². The molecule has 0 saturated carbocycles. The molecule has 0 spiro atoms. The maximum Gasteiger partial charge on any atom is 0.162 e. The molecule has 1 saturated heterocycles. The van der Waals surface area contributed by atoms with E-state index in [-0.39, 0.29) is 6.61 Å². The molecular weight excluding hydrogens is 418 g/mol. The van der Waals surface area contributed by atoms with Crippen LogP contribution in [-0.2, 0) is 4.74 Å². The minimum absolute atomic E-state index is 0.211. The SMILES string of the molecule is C1CCOC1.CNCC(O)COc1cccc(-c2nc(NC)c(C)c(-c3ccncc3)n2)c1. The summed E-state index contributed by atoms with van der Waals surface area (Å²) in [7, 11) is 3.64. The van der Waals surface area contributed by atoms with Crippen LogP contribution in [0, 0.1) is 6.92 Å². The largest absolute Gasteiger partial charge is 0.491 e. The summed E-state index contributed by atoms with van der Waals surface area (Å²) >= 11 is 0. The zero-order chi connectivity index (χ0) is 23.5. The second kappa shape index (κ2) is 12.8. The van der Waals surface area contributed by atoms with Gasteiger partial charge in [-0.05, 0) is 51.1 Å². The van der Waals surface area contributed by atoms with Crippen LogP contribution in [0.25, 0.3) is 22.6 Å². The van der Waals surface area contributed by atoms with Gasteiger partial charge in [-0.1, -0.05) is 12.1 Å². The number of rotatable bonds is 8. The highest BCUT2D eigenvalue weighted by Gasteiger charge is 2.14. The van der Waals surface area contributed by atoms with Crippen molar-refractivity contribution in [3.05, 3.63) is 54.4 Å². The molecular formula is C25H33N5O3. The molecule has 1 fully saturated rings. The third kappa shape index (κ3) is 7.21. The number of aliphatic hydroxyl groups excluding tert-OH is 1. The number of anilines is 1. The molecule has 8 nitrogen and oxygen atoms in total. The number of likely N-dealkylation sites (N-methyl/N-ethyl adjacent to an activating group) is 1. The molecule has 3 N–H and O–H groups in total. The van der Waals surface area contributed by atoms with E-state index in [0.29, 0.717) is 18.1 Å². The fourth-order valence-corrected chi connectivity index (χ4v) is 3.40. The topological polar surface area (TPSA) is 101 Å². The highest BCUT2D eigenvalue weighted by atomic mass is 16.5. The predicted octanol–water partition coefficient (Wildman–Crippen LogP) is 3.31. The Hall–Kier alpha value is -3.07. The highest BCUT2D eigenvalue weighted by molar-refractivity contribution is 5.72. The van der Waals surface area contributed by atoms with Crippen LogP contribution < -0.4 is 15.4 Å². The van der Waals surface area contributed by atoms with E-state index in [4.69, 9.17) is 14.5 Å². The van der Waals surface area contributed by atoms with Crippen LogP contribution in [0.5, 0.6) is 5.75 Å². The molecule has 1 aliphatic heterocycles. The van der Waals surface area contributed by atoms with Crippen molar-refractivity contribution >= 4 is 5.82 Å². The van der Waals surface area contributed by atoms with Crippen molar-refractivity contribution in [3.63, 3.8) is 0 Å². The number of pyridine rings is 1. The first kappa shape index (κ1) is 24.6. The second-order valence-electron chi connectivity index (χ2n) is 7.73. The van der Waals surface area contributed by atoms with Gasteiger partial charge >= 0.3 is 0 Å². The van der Waals surface area contributed by atoms with E-state index >= 15 is 0 Å². The lowest BCUT2D eigenvalue weighted by Crippen LogP contribution is -2.29. The minimum Gasteiger partial charge on any atom is -0.491 e. The lowest BCUT2D eigenvalue weighted by atomic mass is 10.1. The van der Waals surface area contributed by atoms with Crippen LogP contribution in [0.2, 0.25) is 0 Å². The molecule has 0 aliphatic carbocycles. The normalized spacial score (nSPS) is 13.7. The average molecular weight is 452 g/mol. The molecule has 1 atom stereocenters. The Morgan fingerprint density at radius 1 is 1.06 bits per heavy atom. The van der Waals surface area contributed by atoms with Crippen molar-refractivity contribution in [2.75, 3.05) is 45.8 Å². The van der Waals surface area contributed by atoms with E-state index in [0.717, 1.165) is 41.4 Å². The first-order chi connectivity index (χ1) is 16.1. The molecule has 33 heavy (non-hydrogen) atoms. The smallest absolute Gasteiger partial charge is 0.162 e. The van der Waals surface area contributed by atoms with Crippen molar-refractivity contribution in [2.24, 2.45) is 0 Å². The monoisotopic (exact) mass is 451 g/mol. The number of aliphatic hydroxyl groups is 1. The molecule has 3 aromatic rings. The van der Waals surface area contributed by atoms with Crippen molar-refractivity contribution in [2.45, 2.75) is 25.9 Å². The first-order valence-corrected chi connectivity index (χ1v) is 11.2. The Morgan fingerprint density at radius 3 is 2.45 bits per heavy atom. The van der Waals surface area contributed by atoms with Gasteiger partial charge in [0.1, 0.15) is 24.3 Å². The molecule has 1 aliphatic rings. The zero-order valence-corrected chi connectivity index (χ0v) is 19.5. The van der Waals surface area contributed by atoms with Gasteiger partial charge in [0.15, 0.2) is 5.82 Å². The number of benzene rings is 1. The Bertz CT molecular complexity index is 989. The highest BCUT2D eigenvalue weighted by Crippen LogP contribution is 2.29. The average Bonchev–Trinajstić information content (AvgIpc) is 3.44. The number of ether oxygens (including phenoxy) is 2. The Kier molecular flexibility index (Phi) is 9.56. The third-order valence-corrected chi connectivity index (χ3v) is 5.14. The molecule has 4 rings (SSSR count). The van der Waals surface area contributed by atoms with Crippen LogP contribution in [0.1, 0.15) is 18.4 Å². The van der Waals surface area contributed by atoms with E-state index in [1.807, 2.05) is 50.4 Å². The number of nitrogens with zero attached hydrogens (tertiary/aromatic N) is 3. The molecule has 1 unspecified atom stereocenters. The second-order valence-corrected chi connectivity index (χ2v) is 7.73. The lowest BCUT2D eigenvalue weighted by Gasteiger charge is -2.14. The standard InChI is InChI=1S/C21H25N5O2.C4H8O/c1-14-19(15-7-9-24-10-8-15)25-21(26-20(14)23-3)16-5-4-6-18(11-16)28-13-17(27)12-22-2;1-2-4-5-3-1/h4-11,17,22,27H,12-13H2,1-3H3,(H,23,25,26);1-4H2. The summed E-state index contributed by atoms with van der Waals surface area (Å²) in [4.78, 5) is 13.5. The Labute approximate surface area is 195 Å². The van der Waals surface area contributed by atoms with E-state index in [9.17, 15) is 5.11 Å². The van der Waals surface area contributed by atoms with Gasteiger partial charge in [0.25, 0.3) is 0 Å². The lowest BCUT2D eigenvalue weighted by molar-refractivity contribution is 0.108. The third-order valence-electron chi connectivity index (χ3n) is 5.14. The molecule has 0 radical (unpaired) electrons. The van der Waals surface area contributed by atoms with Crippen LogP contribution in [0.3, 0.4) is 0 Å². The van der Waals surface area contributed by atoms with E-state index in [1.54, 1.807) is 19.4 Å². The number of nitrogens with one attached hydrogen (secondary N) is 2. The summed E-state index contributed by atoms with van der Waals surface area (Å²) in [5.74, 6) is 2.03. The summed E-state index contributed by atoms with van der Waals surface area (Å²) < 4.78 is 10.7. The van der Waals surface area contributed by atoms with Gasteiger partial charge in [0.05, 0.1) is 5.69 Å². The molecule has 176 valence electrons. The molecule has 3 heterocycles. The fraction of sp³-hybridized carbons (Fsp3) is 0.400. The fourth-order valence-electron chi connectivity index (χ4n) is 3.40. The number of hydrogen-bond acceptors (Lipinski definition) is 8. The van der Waals surface area contributed by atoms with Crippen LogP contribution in [0.4, 0.5) is 5.82 Å². The van der Waals surface area contributed by atoms with Gasteiger partial charge in [-0.25, -0.2) is 9.97 Å². The van der Waals surface area contributed by atoms with Gasteiger partial charge in [-0.2, -0.15) is 0 Å². The van der Waals surface area contributed by atoms with E-state index in [1.165, 1.54) is 12.8 Å². The Morgan fingerprint density at radius 2 is 1.82 bits per heavy atom. The quantitative estimate of drug-likeness (QED) is 0.480. The van der Waals surface area contributed by atoms with E-state index < -0.39 is 6.10 Å². The van der Waals surface area contributed by atoms with Crippen molar-refractivity contribution < 1.29 is 14.6 Å². The summed E-state index contributed by atoms with van der Waals surface area (Å²) in [6.45, 7) is 4.68. The summed E-state index contributed by atoms with van der Waals surface area (Å²) in [5.41, 5.74) is 3.65. The van der Waals surface area contributed by atoms with Crippen molar-refractivity contribution in [1.82, 2.24) is 20.3 Å². The molecule has 0 bridgehead atoms. The maximum absolute atomic E-state index is 9.83. The van der Waals surface area contributed by atoms with Crippen molar-refractivity contribution in [3.8, 4) is 28.4 Å². The van der Waals surface area contributed by atoms with Gasteiger partial charge in [-0.15, -0.1) is 0 Å². The molecule has 1 aromatic carbocycles. The van der Waals surface area contributed by atoms with Gasteiger partial charge in [0, 0.05) is 55.9 Å². The summed E-state index contributed by atoms with van der Waals surface area (Å²) in [6, 6.07) is 11.4. The van der Waals surface area contributed by atoms with Gasteiger partial charge in [-0.3, -0.25) is 4.98 Å². The zero-order valence-electron chi connectivity index (χ0n) is 19.5. The van der Waals surface area contributed by atoms with E-state index in [2.05, 4.69) is 20.6 Å². The van der Waals surface area contributed by atoms with Gasteiger partial charge < -0.3 is 25.2 Å². The maximum atomic E-state index is 9.83. The minimum atomic E-state index is -0.571. The molecule has 2 aromatic heterocycles. The molecule has 8 heteroatoms. The van der Waals surface area contributed by atoms with Crippen LogP contribution in [0.15, 0.2) is 48.8 Å². The van der Waals surface area contributed by atoms with Crippen LogP contribution in [-0.4, -0.2) is 66.6 Å². The summed E-state index contributed by atoms with van der Waals surface area (Å²) in [5, 5.41) is 15.9. The number of hydrogen-bond donors (Lipinski definition) is 3. The molecule has 0 amide bonds. The predicted molar refractivity (Wildman–Crippen MR) is 130 cm³/mol.